The highest BCUT2D eigenvalue weighted by Crippen LogP contribution is 2.43. The lowest BCUT2D eigenvalue weighted by molar-refractivity contribution is 0.402. The van der Waals surface area contributed by atoms with Crippen LogP contribution in [0, 0.1) is 11.3 Å². The highest BCUT2D eigenvalue weighted by Gasteiger charge is 2.17. The highest BCUT2D eigenvalue weighted by molar-refractivity contribution is 9.10. The molecule has 0 spiro atoms. The predicted molar refractivity (Wildman–Crippen MR) is 125 cm³/mol. The maximum atomic E-state index is 9.57. The second-order valence-electron chi connectivity index (χ2n) is 6.05. The average Bonchev–Trinajstić information content (AvgIpc) is 2.74. The van der Waals surface area contributed by atoms with E-state index in [0.29, 0.717) is 32.9 Å². The number of hydrogen-bond acceptors (Lipinski definition) is 5. The minimum absolute atomic E-state index is 0.286. The van der Waals surface area contributed by atoms with Crippen molar-refractivity contribution in [2.24, 2.45) is 0 Å². The molecule has 30 heavy (non-hydrogen) atoms. The number of ether oxygens (including phenoxy) is 3. The molecule has 4 nitrogen and oxygen atoms in total. The van der Waals surface area contributed by atoms with Gasteiger partial charge in [0.05, 0.1) is 34.7 Å². The minimum Gasteiger partial charge on any atom is -0.497 e. The van der Waals surface area contributed by atoms with E-state index in [1.165, 1.54) is 0 Å². The molecule has 0 N–H and O–H groups in total. The third-order valence-corrected chi connectivity index (χ3v) is 6.24. The summed E-state index contributed by atoms with van der Waals surface area (Å²) in [5.74, 6) is 2.73. The van der Waals surface area contributed by atoms with Crippen LogP contribution in [0.3, 0.4) is 0 Å². The Morgan fingerprint density at radius 3 is 2.20 bits per heavy atom. The van der Waals surface area contributed by atoms with Gasteiger partial charge in [-0.15, -0.1) is 11.8 Å². The first-order valence-corrected chi connectivity index (χ1v) is 11.2. The van der Waals surface area contributed by atoms with Gasteiger partial charge in [-0.05, 0) is 35.9 Å². The first kappa shape index (κ1) is 22.6. The largest absolute Gasteiger partial charge is 0.497 e. The smallest absolute Gasteiger partial charge is 0.164 e. The maximum absolute atomic E-state index is 9.57. The van der Waals surface area contributed by atoms with Gasteiger partial charge in [0.2, 0.25) is 0 Å². The van der Waals surface area contributed by atoms with Gasteiger partial charge >= 0.3 is 0 Å². The Morgan fingerprint density at radius 2 is 1.63 bits per heavy atom. The molecule has 3 aromatic carbocycles. The van der Waals surface area contributed by atoms with Gasteiger partial charge in [-0.2, -0.15) is 5.26 Å². The number of nitriles is 1. The van der Waals surface area contributed by atoms with E-state index in [-0.39, 0.29) is 5.75 Å². The molecule has 0 aliphatic heterocycles. The monoisotopic (exact) mass is 523 g/mol. The van der Waals surface area contributed by atoms with Crippen molar-refractivity contribution in [3.63, 3.8) is 0 Å². The second kappa shape index (κ2) is 10.3. The van der Waals surface area contributed by atoms with E-state index in [4.69, 9.17) is 37.4 Å². The molecule has 0 aliphatic rings. The van der Waals surface area contributed by atoms with Crippen LogP contribution in [0.15, 0.2) is 57.9 Å². The first-order chi connectivity index (χ1) is 14.4. The van der Waals surface area contributed by atoms with Gasteiger partial charge in [0.15, 0.2) is 5.75 Å². The lowest BCUT2D eigenvalue weighted by Gasteiger charge is -2.15. The third-order valence-electron chi connectivity index (χ3n) is 4.11. The number of rotatable bonds is 7. The van der Waals surface area contributed by atoms with Crippen molar-refractivity contribution in [2.45, 2.75) is 10.6 Å². The minimum atomic E-state index is 0.286. The number of methoxy groups -OCH3 is 2. The fourth-order valence-electron chi connectivity index (χ4n) is 2.60. The second-order valence-corrected chi connectivity index (χ2v) is 8.80. The van der Waals surface area contributed by atoms with Gasteiger partial charge < -0.3 is 14.2 Å². The van der Waals surface area contributed by atoms with Gasteiger partial charge in [0, 0.05) is 16.3 Å². The summed E-state index contributed by atoms with van der Waals surface area (Å²) in [6.45, 7) is 0. The molecule has 0 radical (unpaired) electrons. The fourth-order valence-corrected chi connectivity index (χ4v) is 4.88. The molecule has 154 valence electrons. The van der Waals surface area contributed by atoms with Crippen LogP contribution in [0.25, 0.3) is 0 Å². The maximum Gasteiger partial charge on any atom is 0.164 e. The quantitative estimate of drug-likeness (QED) is 0.296. The Balaban J connectivity index is 1.91. The van der Waals surface area contributed by atoms with Crippen LogP contribution in [0.4, 0.5) is 0 Å². The van der Waals surface area contributed by atoms with E-state index in [2.05, 4.69) is 22.0 Å². The summed E-state index contributed by atoms with van der Waals surface area (Å²) < 4.78 is 17.3. The van der Waals surface area contributed by atoms with Crippen LogP contribution in [0.5, 0.6) is 23.0 Å². The molecule has 0 atom stereocenters. The van der Waals surface area contributed by atoms with E-state index < -0.39 is 0 Å². The van der Waals surface area contributed by atoms with Crippen LogP contribution in [-0.4, -0.2) is 14.2 Å². The van der Waals surface area contributed by atoms with Crippen LogP contribution >= 0.6 is 50.9 Å². The van der Waals surface area contributed by atoms with Crippen LogP contribution < -0.4 is 14.2 Å². The zero-order valence-electron chi connectivity index (χ0n) is 16.0. The number of halogens is 3. The van der Waals surface area contributed by atoms with Crippen molar-refractivity contribution in [2.75, 3.05) is 14.2 Å². The van der Waals surface area contributed by atoms with Gasteiger partial charge in [-0.25, -0.2) is 0 Å². The topological polar surface area (TPSA) is 51.5 Å². The summed E-state index contributed by atoms with van der Waals surface area (Å²) in [4.78, 5) is 0.826. The van der Waals surface area contributed by atoms with Crippen molar-refractivity contribution in [3.05, 3.63) is 74.2 Å². The van der Waals surface area contributed by atoms with E-state index in [0.717, 1.165) is 20.7 Å². The van der Waals surface area contributed by atoms with E-state index >= 15 is 0 Å². The number of hydrogen-bond donors (Lipinski definition) is 0. The average molecular weight is 525 g/mol. The van der Waals surface area contributed by atoms with Crippen LogP contribution in [0.2, 0.25) is 10.0 Å². The Kier molecular flexibility index (Phi) is 7.79. The highest BCUT2D eigenvalue weighted by atomic mass is 79.9. The normalized spacial score (nSPS) is 10.4. The molecule has 0 heterocycles. The molecule has 0 saturated heterocycles. The molecule has 3 rings (SSSR count). The molecular weight excluding hydrogens is 509 g/mol. The van der Waals surface area contributed by atoms with E-state index in [9.17, 15) is 5.26 Å². The van der Waals surface area contributed by atoms with E-state index in [1.54, 1.807) is 50.2 Å². The Hall–Kier alpha value is -2.04. The molecule has 0 aliphatic carbocycles. The van der Waals surface area contributed by atoms with Crippen LogP contribution in [-0.2, 0) is 5.75 Å². The van der Waals surface area contributed by atoms with Crippen molar-refractivity contribution in [1.82, 2.24) is 0 Å². The third kappa shape index (κ3) is 5.35. The van der Waals surface area contributed by atoms with Crippen molar-refractivity contribution in [1.29, 1.82) is 5.26 Å². The fraction of sp³-hybridized carbons (Fsp3) is 0.136. The number of nitrogens with zero attached hydrogens (tertiary/aromatic N) is 1. The summed E-state index contributed by atoms with van der Waals surface area (Å²) in [6.07, 6.45) is 0. The van der Waals surface area contributed by atoms with E-state index in [1.807, 2.05) is 24.3 Å². The Bertz CT molecular complexity index is 1080. The van der Waals surface area contributed by atoms with Gasteiger partial charge in [0.1, 0.15) is 23.3 Å². The molecule has 0 unspecified atom stereocenters. The summed E-state index contributed by atoms with van der Waals surface area (Å²) in [6, 6.07) is 16.7. The lowest BCUT2D eigenvalue weighted by Crippen LogP contribution is -1.95. The summed E-state index contributed by atoms with van der Waals surface area (Å²) in [5, 5.41) is 10.2. The molecule has 0 saturated carbocycles. The van der Waals surface area contributed by atoms with Crippen LogP contribution in [0.1, 0.15) is 11.1 Å². The molecule has 0 aromatic heterocycles. The van der Waals surface area contributed by atoms with Gasteiger partial charge in [-0.3, -0.25) is 0 Å². The number of benzene rings is 3. The lowest BCUT2D eigenvalue weighted by atomic mass is 10.2. The number of thioether (sulfide) groups is 1. The van der Waals surface area contributed by atoms with Crippen molar-refractivity contribution in [3.8, 4) is 29.1 Å². The Labute approximate surface area is 197 Å². The van der Waals surface area contributed by atoms with Crippen molar-refractivity contribution >= 4 is 50.9 Å². The molecular formula is C22H16BrCl2NO3S. The standard InChI is InChI=1S/C22H16BrCl2NO3S/c1-27-16-5-3-13(4-6-16)12-30-21-10-19(14(11-26)7-20(21)28-2)29-22-17(24)8-15(23)9-18(22)25/h3-10H,12H2,1-2H3. The first-order valence-electron chi connectivity index (χ1n) is 8.65. The van der Waals surface area contributed by atoms with Gasteiger partial charge in [-0.1, -0.05) is 51.3 Å². The van der Waals surface area contributed by atoms with Crippen molar-refractivity contribution < 1.29 is 14.2 Å². The molecule has 8 heteroatoms. The predicted octanol–water partition coefficient (Wildman–Crippen LogP) is 7.73. The summed E-state index contributed by atoms with van der Waals surface area (Å²) in [5.41, 5.74) is 1.43. The SMILES string of the molecule is COc1ccc(CSc2cc(Oc3c(Cl)cc(Br)cc3Cl)c(C#N)cc2OC)cc1. The molecule has 3 aromatic rings. The summed E-state index contributed by atoms with van der Waals surface area (Å²) >= 11 is 17.5. The zero-order chi connectivity index (χ0) is 21.7. The molecule has 0 bridgehead atoms. The Morgan fingerprint density at radius 1 is 0.967 bits per heavy atom. The molecule has 0 fully saturated rings. The summed E-state index contributed by atoms with van der Waals surface area (Å²) in [7, 11) is 3.20. The molecule has 0 amide bonds. The van der Waals surface area contributed by atoms with Gasteiger partial charge in [0.25, 0.3) is 0 Å². The zero-order valence-corrected chi connectivity index (χ0v) is 20.0.